The lowest BCUT2D eigenvalue weighted by molar-refractivity contribution is 0.368. The minimum Gasteiger partial charge on any atom is -0.207 e. The third kappa shape index (κ3) is 5.80. The lowest BCUT2D eigenvalue weighted by atomic mass is 9.74. The van der Waals surface area contributed by atoms with E-state index in [9.17, 15) is 13.2 Å². The van der Waals surface area contributed by atoms with Crippen LogP contribution in [0.4, 0.5) is 22.0 Å². The molecule has 0 spiro atoms. The van der Waals surface area contributed by atoms with Crippen LogP contribution in [0.5, 0.6) is 0 Å². The number of nitriles is 1. The Kier molecular flexibility index (Phi) is 8.59. The second-order valence-corrected chi connectivity index (χ2v) is 11.6. The molecule has 1 nitrogen and oxygen atoms in total. The van der Waals surface area contributed by atoms with Crippen molar-refractivity contribution in [3.8, 4) is 6.07 Å². The lowest BCUT2D eigenvalue weighted by Crippen LogP contribution is -2.21. The largest absolute Gasteiger partial charge is 0.207 e. The summed E-state index contributed by atoms with van der Waals surface area (Å²) in [6, 6.07) is 10.8. The van der Waals surface area contributed by atoms with E-state index in [0.717, 1.165) is 12.0 Å². The van der Waals surface area contributed by atoms with Gasteiger partial charge in [0.15, 0.2) is 0 Å². The highest BCUT2D eigenvalue weighted by molar-refractivity contribution is 5.40. The molecule has 0 saturated heterocycles. The van der Waals surface area contributed by atoms with Crippen LogP contribution in [0.25, 0.3) is 0 Å². The molecule has 3 aromatic carbocycles. The Hall–Kier alpha value is -3.20. The molecule has 0 aliphatic heterocycles. The highest BCUT2D eigenvalue weighted by Gasteiger charge is 2.32. The van der Waals surface area contributed by atoms with Gasteiger partial charge in [0.05, 0.1) is 5.56 Å². The molecule has 1 fully saturated rings. The standard InChI is InChI=1S/C34H34F5N/c1-2-3-21-15-30(36)28(31(37)16-21)13-5-20-4-12-27-26(14-20)18-32(38)33(34(27)39)23-8-6-22(7-9-23)24-10-11-25(19-40)29(35)17-24/h10-11,15-18,20,22-23H,2-9,12-14H2,1H3. The zero-order valence-corrected chi connectivity index (χ0v) is 22.8. The van der Waals surface area contributed by atoms with E-state index >= 15 is 8.78 Å². The van der Waals surface area contributed by atoms with Gasteiger partial charge < -0.3 is 0 Å². The Balaban J connectivity index is 1.24. The van der Waals surface area contributed by atoms with Crippen LogP contribution in [0.15, 0.2) is 36.4 Å². The summed E-state index contributed by atoms with van der Waals surface area (Å²) in [6.45, 7) is 1.96. The molecule has 1 unspecified atom stereocenters. The number of hydrogen-bond donors (Lipinski definition) is 0. The van der Waals surface area contributed by atoms with E-state index in [1.807, 2.05) is 13.0 Å². The first-order chi connectivity index (χ1) is 19.3. The van der Waals surface area contributed by atoms with Gasteiger partial charge in [0.1, 0.15) is 35.2 Å². The van der Waals surface area contributed by atoms with Crippen LogP contribution in [-0.2, 0) is 25.7 Å². The predicted octanol–water partition coefficient (Wildman–Crippen LogP) is 9.39. The number of hydrogen-bond acceptors (Lipinski definition) is 1. The summed E-state index contributed by atoms with van der Waals surface area (Å²) in [5, 5.41) is 8.96. The van der Waals surface area contributed by atoms with Crippen molar-refractivity contribution in [2.24, 2.45) is 5.92 Å². The smallest absolute Gasteiger partial charge is 0.141 e. The van der Waals surface area contributed by atoms with Crippen LogP contribution in [0.2, 0.25) is 0 Å². The van der Waals surface area contributed by atoms with Crippen LogP contribution in [0.1, 0.15) is 103 Å². The van der Waals surface area contributed by atoms with Gasteiger partial charge in [0.2, 0.25) is 0 Å². The fourth-order valence-corrected chi connectivity index (χ4v) is 6.83. The third-order valence-corrected chi connectivity index (χ3v) is 9.02. The van der Waals surface area contributed by atoms with Gasteiger partial charge in [-0.25, -0.2) is 22.0 Å². The van der Waals surface area contributed by atoms with Crippen LogP contribution < -0.4 is 0 Å². The average molecular weight is 552 g/mol. The van der Waals surface area contributed by atoms with Gasteiger partial charge in [-0.15, -0.1) is 0 Å². The fourth-order valence-electron chi connectivity index (χ4n) is 6.83. The molecular weight excluding hydrogens is 517 g/mol. The van der Waals surface area contributed by atoms with E-state index in [0.29, 0.717) is 74.5 Å². The predicted molar refractivity (Wildman–Crippen MR) is 146 cm³/mol. The number of halogens is 5. The van der Waals surface area contributed by atoms with Crippen molar-refractivity contribution >= 4 is 0 Å². The summed E-state index contributed by atoms with van der Waals surface area (Å²) in [5.41, 5.74) is 2.99. The Morgan fingerprint density at radius 2 is 1.50 bits per heavy atom. The molecule has 6 heteroatoms. The van der Waals surface area contributed by atoms with Crippen molar-refractivity contribution in [2.45, 2.75) is 89.4 Å². The lowest BCUT2D eigenvalue weighted by Gasteiger charge is -2.32. The average Bonchev–Trinajstić information content (AvgIpc) is 2.93. The van der Waals surface area contributed by atoms with Crippen molar-refractivity contribution < 1.29 is 22.0 Å². The van der Waals surface area contributed by atoms with Gasteiger partial charge in [0, 0.05) is 11.1 Å². The molecule has 0 amide bonds. The molecule has 2 aliphatic carbocycles. The highest BCUT2D eigenvalue weighted by atomic mass is 19.1. The number of aryl methyl sites for hydroxylation is 1. The van der Waals surface area contributed by atoms with Crippen LogP contribution in [-0.4, -0.2) is 0 Å². The molecule has 1 saturated carbocycles. The maximum Gasteiger partial charge on any atom is 0.141 e. The van der Waals surface area contributed by atoms with Crippen LogP contribution in [0, 0.1) is 46.3 Å². The van der Waals surface area contributed by atoms with E-state index in [-0.39, 0.29) is 40.9 Å². The SMILES string of the molecule is CCCc1cc(F)c(CCC2CCc3c(cc(F)c(C4CCC(c5ccc(C#N)c(F)c5)CC4)c3F)C2)c(F)c1. The summed E-state index contributed by atoms with van der Waals surface area (Å²) in [4.78, 5) is 0. The monoisotopic (exact) mass is 551 g/mol. The van der Waals surface area contributed by atoms with Crippen molar-refractivity contribution in [2.75, 3.05) is 0 Å². The summed E-state index contributed by atoms with van der Waals surface area (Å²) in [5.74, 6) is -2.55. The molecule has 2 aliphatic rings. The van der Waals surface area contributed by atoms with Crippen LogP contribution >= 0.6 is 0 Å². The van der Waals surface area contributed by atoms with Crippen molar-refractivity contribution in [3.05, 3.63) is 104 Å². The Morgan fingerprint density at radius 1 is 0.800 bits per heavy atom. The molecule has 1 atom stereocenters. The van der Waals surface area contributed by atoms with E-state index in [2.05, 4.69) is 0 Å². The molecule has 0 aromatic heterocycles. The number of fused-ring (bicyclic) bond motifs is 1. The van der Waals surface area contributed by atoms with Crippen molar-refractivity contribution in [1.29, 1.82) is 5.26 Å². The van der Waals surface area contributed by atoms with Gasteiger partial charge in [-0.1, -0.05) is 19.4 Å². The molecule has 0 radical (unpaired) electrons. The molecule has 210 valence electrons. The molecule has 0 bridgehead atoms. The molecular formula is C34H34F5N. The minimum atomic E-state index is -0.535. The Bertz CT molecular complexity index is 1410. The number of benzene rings is 3. The van der Waals surface area contributed by atoms with Gasteiger partial charge in [-0.05, 0) is 135 Å². The molecule has 5 rings (SSSR count). The van der Waals surface area contributed by atoms with E-state index in [1.165, 1.54) is 30.3 Å². The fraction of sp³-hybridized carbons (Fsp3) is 0.441. The second-order valence-electron chi connectivity index (χ2n) is 11.6. The maximum atomic E-state index is 15.7. The van der Waals surface area contributed by atoms with Gasteiger partial charge >= 0.3 is 0 Å². The van der Waals surface area contributed by atoms with Gasteiger partial charge in [0.25, 0.3) is 0 Å². The molecule has 40 heavy (non-hydrogen) atoms. The van der Waals surface area contributed by atoms with Crippen molar-refractivity contribution in [3.63, 3.8) is 0 Å². The quantitative estimate of drug-likeness (QED) is 0.268. The maximum absolute atomic E-state index is 15.7. The molecule has 0 N–H and O–H groups in total. The number of nitrogens with zero attached hydrogens (tertiary/aromatic N) is 1. The zero-order chi connectivity index (χ0) is 28.4. The van der Waals surface area contributed by atoms with Gasteiger partial charge in [-0.2, -0.15) is 5.26 Å². The Morgan fingerprint density at radius 3 is 2.15 bits per heavy atom. The summed E-state index contributed by atoms with van der Waals surface area (Å²) >= 11 is 0. The first kappa shape index (κ1) is 28.3. The highest BCUT2D eigenvalue weighted by Crippen LogP contribution is 2.44. The summed E-state index contributed by atoms with van der Waals surface area (Å²) in [6.07, 6.45) is 6.55. The molecule has 3 aromatic rings. The van der Waals surface area contributed by atoms with E-state index < -0.39 is 29.1 Å². The summed E-state index contributed by atoms with van der Waals surface area (Å²) in [7, 11) is 0. The minimum absolute atomic E-state index is 0.0123. The van der Waals surface area contributed by atoms with E-state index in [4.69, 9.17) is 5.26 Å². The van der Waals surface area contributed by atoms with Crippen LogP contribution in [0.3, 0.4) is 0 Å². The van der Waals surface area contributed by atoms with Gasteiger partial charge in [-0.3, -0.25) is 0 Å². The zero-order valence-electron chi connectivity index (χ0n) is 22.8. The normalized spacial score (nSPS) is 20.7. The first-order valence-corrected chi connectivity index (χ1v) is 14.4. The summed E-state index contributed by atoms with van der Waals surface area (Å²) < 4.78 is 74.3. The second kappa shape index (κ2) is 12.1. The third-order valence-electron chi connectivity index (χ3n) is 9.02. The Labute approximate surface area is 233 Å². The van der Waals surface area contributed by atoms with E-state index in [1.54, 1.807) is 6.07 Å². The topological polar surface area (TPSA) is 23.8 Å². The molecule has 0 heterocycles. The first-order valence-electron chi connectivity index (χ1n) is 14.4. The number of rotatable bonds is 7. The van der Waals surface area contributed by atoms with Crippen molar-refractivity contribution in [1.82, 2.24) is 0 Å².